The summed E-state index contributed by atoms with van der Waals surface area (Å²) in [5.41, 5.74) is 5.33. The SMILES string of the molecule is CC(OCCn1ccc(N)n1)C(F)(F)F. The van der Waals surface area contributed by atoms with Crippen LogP contribution in [0, 0.1) is 0 Å². The van der Waals surface area contributed by atoms with Crippen molar-refractivity contribution in [2.75, 3.05) is 12.3 Å². The van der Waals surface area contributed by atoms with E-state index in [1.54, 1.807) is 12.3 Å². The summed E-state index contributed by atoms with van der Waals surface area (Å²) in [5.74, 6) is 0.332. The average Bonchev–Trinajstić information content (AvgIpc) is 2.49. The number of aromatic nitrogens is 2. The monoisotopic (exact) mass is 223 g/mol. The van der Waals surface area contributed by atoms with E-state index in [0.717, 1.165) is 6.92 Å². The molecule has 0 amide bonds. The number of nitrogens with zero attached hydrogens (tertiary/aromatic N) is 2. The molecule has 0 saturated carbocycles. The summed E-state index contributed by atoms with van der Waals surface area (Å²) in [6.07, 6.45) is -4.49. The molecule has 0 aliphatic carbocycles. The number of nitrogens with two attached hydrogens (primary N) is 1. The molecule has 1 aromatic heterocycles. The van der Waals surface area contributed by atoms with Crippen molar-refractivity contribution in [3.8, 4) is 0 Å². The maximum atomic E-state index is 12.0. The second kappa shape index (κ2) is 4.52. The van der Waals surface area contributed by atoms with Crippen LogP contribution in [0.5, 0.6) is 0 Å². The lowest BCUT2D eigenvalue weighted by Gasteiger charge is -2.16. The maximum absolute atomic E-state index is 12.0. The minimum Gasteiger partial charge on any atom is -0.382 e. The van der Waals surface area contributed by atoms with Crippen LogP contribution in [-0.4, -0.2) is 28.7 Å². The summed E-state index contributed by atoms with van der Waals surface area (Å²) in [6.45, 7) is 1.16. The molecule has 1 rings (SSSR count). The van der Waals surface area contributed by atoms with Crippen molar-refractivity contribution >= 4 is 5.82 Å². The van der Waals surface area contributed by atoms with Gasteiger partial charge >= 0.3 is 6.18 Å². The highest BCUT2D eigenvalue weighted by Gasteiger charge is 2.36. The van der Waals surface area contributed by atoms with Gasteiger partial charge in [-0.05, 0) is 13.0 Å². The smallest absolute Gasteiger partial charge is 0.382 e. The standard InChI is InChI=1S/C8H12F3N3O/c1-6(8(9,10)11)15-5-4-14-3-2-7(12)13-14/h2-3,6H,4-5H2,1H3,(H2,12,13). The Hall–Kier alpha value is -1.24. The van der Waals surface area contributed by atoms with Crippen LogP contribution in [0.15, 0.2) is 12.3 Å². The topological polar surface area (TPSA) is 53.1 Å². The Morgan fingerprint density at radius 2 is 2.27 bits per heavy atom. The zero-order chi connectivity index (χ0) is 11.5. The molecule has 7 heteroatoms. The average molecular weight is 223 g/mol. The van der Waals surface area contributed by atoms with Crippen LogP contribution >= 0.6 is 0 Å². The summed E-state index contributed by atoms with van der Waals surface area (Å²) in [4.78, 5) is 0. The van der Waals surface area contributed by atoms with E-state index in [4.69, 9.17) is 5.73 Å². The molecule has 1 unspecified atom stereocenters. The zero-order valence-corrected chi connectivity index (χ0v) is 8.16. The lowest BCUT2D eigenvalue weighted by Crippen LogP contribution is -2.29. The van der Waals surface area contributed by atoms with Gasteiger partial charge in [0.1, 0.15) is 5.82 Å². The van der Waals surface area contributed by atoms with Crippen LogP contribution < -0.4 is 5.73 Å². The first-order valence-electron chi connectivity index (χ1n) is 4.37. The summed E-state index contributed by atoms with van der Waals surface area (Å²) >= 11 is 0. The summed E-state index contributed by atoms with van der Waals surface area (Å²) < 4.78 is 42.1. The number of alkyl halides is 3. The van der Waals surface area contributed by atoms with Gasteiger partial charge in [-0.2, -0.15) is 18.3 Å². The van der Waals surface area contributed by atoms with Gasteiger partial charge in [-0.3, -0.25) is 4.68 Å². The quantitative estimate of drug-likeness (QED) is 0.840. The summed E-state index contributed by atoms with van der Waals surface area (Å²) in [7, 11) is 0. The summed E-state index contributed by atoms with van der Waals surface area (Å²) in [6, 6.07) is 1.56. The van der Waals surface area contributed by atoms with Gasteiger partial charge in [0, 0.05) is 6.20 Å². The van der Waals surface area contributed by atoms with Gasteiger partial charge in [0.25, 0.3) is 0 Å². The minimum atomic E-state index is -4.32. The number of ether oxygens (including phenoxy) is 1. The Morgan fingerprint density at radius 3 is 2.73 bits per heavy atom. The molecule has 0 fully saturated rings. The molecule has 1 heterocycles. The lowest BCUT2D eigenvalue weighted by atomic mass is 10.4. The van der Waals surface area contributed by atoms with Gasteiger partial charge in [0.05, 0.1) is 13.2 Å². The highest BCUT2D eigenvalue weighted by atomic mass is 19.4. The first-order valence-corrected chi connectivity index (χ1v) is 4.37. The molecule has 1 atom stereocenters. The Labute approximate surface area is 84.8 Å². The van der Waals surface area contributed by atoms with Gasteiger partial charge < -0.3 is 10.5 Å². The van der Waals surface area contributed by atoms with Crippen LogP contribution in [0.2, 0.25) is 0 Å². The number of halogens is 3. The Bertz CT molecular complexity index is 310. The fourth-order valence-corrected chi connectivity index (χ4v) is 0.919. The molecule has 0 radical (unpaired) electrons. The maximum Gasteiger partial charge on any atom is 0.414 e. The van der Waals surface area contributed by atoms with Gasteiger partial charge in [-0.1, -0.05) is 0 Å². The number of hydrogen-bond donors (Lipinski definition) is 1. The van der Waals surface area contributed by atoms with E-state index >= 15 is 0 Å². The van der Waals surface area contributed by atoms with Crippen LogP contribution in [0.4, 0.5) is 19.0 Å². The lowest BCUT2D eigenvalue weighted by molar-refractivity contribution is -0.214. The van der Waals surface area contributed by atoms with E-state index in [0.29, 0.717) is 5.82 Å². The van der Waals surface area contributed by atoms with Crippen LogP contribution in [-0.2, 0) is 11.3 Å². The van der Waals surface area contributed by atoms with Gasteiger partial charge in [0.15, 0.2) is 6.10 Å². The first kappa shape index (κ1) is 11.8. The Morgan fingerprint density at radius 1 is 1.60 bits per heavy atom. The molecule has 15 heavy (non-hydrogen) atoms. The van der Waals surface area contributed by atoms with E-state index in [1.807, 2.05) is 0 Å². The third-order valence-corrected chi connectivity index (χ3v) is 1.81. The van der Waals surface area contributed by atoms with Gasteiger partial charge in [-0.25, -0.2) is 0 Å². The molecule has 1 aromatic rings. The van der Waals surface area contributed by atoms with E-state index in [9.17, 15) is 13.2 Å². The molecule has 2 N–H and O–H groups in total. The van der Waals surface area contributed by atoms with Gasteiger partial charge in [-0.15, -0.1) is 0 Å². The Balaban J connectivity index is 2.28. The molecular weight excluding hydrogens is 211 g/mol. The first-order chi connectivity index (χ1) is 6.89. The predicted octanol–water partition coefficient (Wildman–Crippen LogP) is 1.43. The van der Waals surface area contributed by atoms with Crippen molar-refractivity contribution in [1.29, 1.82) is 0 Å². The fourth-order valence-electron chi connectivity index (χ4n) is 0.919. The highest BCUT2D eigenvalue weighted by molar-refractivity contribution is 5.23. The predicted molar refractivity (Wildman–Crippen MR) is 48.1 cm³/mol. The van der Waals surface area contributed by atoms with E-state index in [1.165, 1.54) is 4.68 Å². The number of anilines is 1. The van der Waals surface area contributed by atoms with Crippen molar-refractivity contribution in [3.05, 3.63) is 12.3 Å². The molecule has 4 nitrogen and oxygen atoms in total. The molecule has 0 aliphatic rings. The molecule has 0 aromatic carbocycles. The molecule has 0 spiro atoms. The Kier molecular flexibility index (Phi) is 3.57. The van der Waals surface area contributed by atoms with Gasteiger partial charge in [0.2, 0.25) is 0 Å². The second-order valence-corrected chi connectivity index (χ2v) is 3.06. The summed E-state index contributed by atoms with van der Waals surface area (Å²) in [5, 5.41) is 3.80. The van der Waals surface area contributed by atoms with Crippen molar-refractivity contribution in [2.24, 2.45) is 0 Å². The van der Waals surface area contributed by atoms with Crippen molar-refractivity contribution in [3.63, 3.8) is 0 Å². The molecule has 86 valence electrons. The molecule has 0 saturated heterocycles. The second-order valence-electron chi connectivity index (χ2n) is 3.06. The largest absolute Gasteiger partial charge is 0.414 e. The van der Waals surface area contributed by atoms with E-state index in [-0.39, 0.29) is 13.2 Å². The molecule has 0 aliphatic heterocycles. The van der Waals surface area contributed by atoms with E-state index in [2.05, 4.69) is 9.84 Å². The van der Waals surface area contributed by atoms with Crippen molar-refractivity contribution in [2.45, 2.75) is 25.7 Å². The van der Waals surface area contributed by atoms with E-state index < -0.39 is 12.3 Å². The normalized spacial score (nSPS) is 14.1. The molecule has 0 bridgehead atoms. The number of rotatable bonds is 4. The zero-order valence-electron chi connectivity index (χ0n) is 8.16. The van der Waals surface area contributed by atoms with Crippen LogP contribution in [0.1, 0.15) is 6.92 Å². The minimum absolute atomic E-state index is 0.0538. The molecular formula is C8H12F3N3O. The number of hydrogen-bond acceptors (Lipinski definition) is 3. The van der Waals surface area contributed by atoms with Crippen LogP contribution in [0.3, 0.4) is 0 Å². The van der Waals surface area contributed by atoms with Crippen molar-refractivity contribution in [1.82, 2.24) is 9.78 Å². The third-order valence-electron chi connectivity index (χ3n) is 1.81. The van der Waals surface area contributed by atoms with Crippen LogP contribution in [0.25, 0.3) is 0 Å². The van der Waals surface area contributed by atoms with Crippen molar-refractivity contribution < 1.29 is 17.9 Å². The number of nitrogen functional groups attached to an aromatic ring is 1. The highest BCUT2D eigenvalue weighted by Crippen LogP contribution is 2.22. The third kappa shape index (κ3) is 3.78. The fraction of sp³-hybridized carbons (Fsp3) is 0.625.